The highest BCUT2D eigenvalue weighted by Crippen LogP contribution is 2.53. The maximum Gasteiger partial charge on any atom is 0.248 e. The Morgan fingerprint density at radius 2 is 1.69 bits per heavy atom. The fourth-order valence-corrected chi connectivity index (χ4v) is 10.7. The van der Waals surface area contributed by atoms with E-state index in [4.69, 9.17) is 14.2 Å². The van der Waals surface area contributed by atoms with Crippen molar-refractivity contribution in [3.05, 3.63) is 0 Å². The quantitative estimate of drug-likeness (QED) is 0.500. The molecule has 4 heterocycles. The molecule has 9 nitrogen and oxygen atoms in total. The number of nitrogens with zero attached hydrogens (tertiary/aromatic N) is 3. The summed E-state index contributed by atoms with van der Waals surface area (Å²) in [5, 5.41) is 2.54. The minimum atomic E-state index is -0.629. The summed E-state index contributed by atoms with van der Waals surface area (Å²) in [6.45, 7) is 4.50. The number of piperidine rings is 2. The number of hydrogen-bond acceptors (Lipinski definition) is 6. The lowest BCUT2D eigenvalue weighted by molar-refractivity contribution is -0.713. The van der Waals surface area contributed by atoms with Crippen molar-refractivity contribution in [3.8, 4) is 0 Å². The van der Waals surface area contributed by atoms with E-state index < -0.39 is 6.17 Å². The van der Waals surface area contributed by atoms with Gasteiger partial charge in [0.05, 0.1) is 36.8 Å². The van der Waals surface area contributed by atoms with Gasteiger partial charge in [0.2, 0.25) is 11.8 Å². The van der Waals surface area contributed by atoms with Gasteiger partial charge in [-0.2, -0.15) is 0 Å². The van der Waals surface area contributed by atoms with E-state index in [1.807, 2.05) is 4.90 Å². The van der Waals surface area contributed by atoms with Crippen molar-refractivity contribution in [1.29, 1.82) is 0 Å². The highest BCUT2D eigenvalue weighted by atomic mass is 19.1. The van der Waals surface area contributed by atoms with Gasteiger partial charge < -0.3 is 29.3 Å². The SMILES string of the molecule is COC1CCC2C3[NH2+]CCC4C5CC(OCC(=O)N6CCN(C7CCC(F)CC7)CC6)CCC5N(C(=O)C2C1OC)C43. The van der Waals surface area contributed by atoms with Gasteiger partial charge in [-0.25, -0.2) is 4.39 Å². The van der Waals surface area contributed by atoms with Crippen LogP contribution in [0.4, 0.5) is 4.39 Å². The Labute approximate surface area is 250 Å². The number of ether oxygens (including phenoxy) is 3. The summed E-state index contributed by atoms with van der Waals surface area (Å²) < 4.78 is 31.6. The van der Waals surface area contributed by atoms with E-state index in [0.717, 1.165) is 84.1 Å². The molecular weight excluding hydrogens is 539 g/mol. The first-order chi connectivity index (χ1) is 20.5. The second-order valence-corrected chi connectivity index (χ2v) is 14.3. The predicted molar refractivity (Wildman–Crippen MR) is 153 cm³/mol. The van der Waals surface area contributed by atoms with Crippen molar-refractivity contribution in [2.24, 2.45) is 23.7 Å². The van der Waals surface area contributed by atoms with E-state index >= 15 is 0 Å². The van der Waals surface area contributed by atoms with Gasteiger partial charge >= 0.3 is 0 Å². The van der Waals surface area contributed by atoms with E-state index in [1.165, 1.54) is 0 Å². The van der Waals surface area contributed by atoms with Crippen LogP contribution in [0.15, 0.2) is 0 Å². The highest BCUT2D eigenvalue weighted by molar-refractivity contribution is 5.82. The van der Waals surface area contributed by atoms with Crippen LogP contribution in [0, 0.1) is 23.7 Å². The van der Waals surface area contributed by atoms with Crippen molar-refractivity contribution < 1.29 is 33.5 Å². The van der Waals surface area contributed by atoms with Gasteiger partial charge in [0.1, 0.15) is 18.8 Å². The third-order valence-electron chi connectivity index (χ3n) is 12.6. The number of piperazine rings is 1. The third-order valence-corrected chi connectivity index (χ3v) is 12.6. The number of carbonyl (C=O) groups excluding carboxylic acids is 2. The first-order valence-corrected chi connectivity index (χ1v) is 17.0. The number of fused-ring (bicyclic) bond motifs is 5. The van der Waals surface area contributed by atoms with Crippen LogP contribution < -0.4 is 5.32 Å². The van der Waals surface area contributed by atoms with Crippen LogP contribution in [-0.4, -0.2) is 129 Å². The molecule has 10 unspecified atom stereocenters. The van der Waals surface area contributed by atoms with Crippen molar-refractivity contribution in [2.45, 2.75) is 113 Å². The molecule has 3 saturated carbocycles. The molecule has 0 aromatic carbocycles. The van der Waals surface area contributed by atoms with Crippen LogP contribution in [0.3, 0.4) is 0 Å². The summed E-state index contributed by atoms with van der Waals surface area (Å²) in [6, 6.07) is 1.51. The van der Waals surface area contributed by atoms with Gasteiger partial charge in [-0.3, -0.25) is 14.5 Å². The lowest BCUT2D eigenvalue weighted by Crippen LogP contribution is -2.99. The summed E-state index contributed by atoms with van der Waals surface area (Å²) in [5.74, 6) is 1.61. The molecule has 236 valence electrons. The van der Waals surface area contributed by atoms with Crippen LogP contribution in [0.5, 0.6) is 0 Å². The summed E-state index contributed by atoms with van der Waals surface area (Å²) in [4.78, 5) is 34.1. The molecule has 0 aromatic rings. The second-order valence-electron chi connectivity index (χ2n) is 14.3. The zero-order chi connectivity index (χ0) is 29.0. The fourth-order valence-electron chi connectivity index (χ4n) is 10.7. The molecule has 3 aliphatic carbocycles. The minimum absolute atomic E-state index is 0.0180. The molecule has 0 radical (unpaired) electrons. The average Bonchev–Trinajstić information content (AvgIpc) is 3.37. The first kappa shape index (κ1) is 29.4. The standard InChI is InChI=1S/C32H51FN4O5/c1-40-26-10-8-23-28(31(26)41-2)32(39)37-25-9-7-21(17-24(25)22-11-12-34-29(23)30(22)37)42-18-27(38)36-15-13-35(14-16-36)20-5-3-19(33)4-6-20/h19-26,28-31,34H,3-18H2,1-2H3/p+1. The van der Waals surface area contributed by atoms with Gasteiger partial charge in [0, 0.05) is 64.8 Å². The Morgan fingerprint density at radius 1 is 0.905 bits per heavy atom. The van der Waals surface area contributed by atoms with E-state index in [2.05, 4.69) is 15.1 Å². The van der Waals surface area contributed by atoms with Crippen LogP contribution in [-0.2, 0) is 23.8 Å². The number of quaternary nitrogens is 1. The van der Waals surface area contributed by atoms with Crippen LogP contribution in [0.25, 0.3) is 0 Å². The van der Waals surface area contributed by atoms with Crippen molar-refractivity contribution in [1.82, 2.24) is 14.7 Å². The zero-order valence-corrected chi connectivity index (χ0v) is 25.6. The number of amides is 2. The molecule has 4 aliphatic heterocycles. The maximum atomic E-state index is 14.2. The smallest absolute Gasteiger partial charge is 0.248 e. The first-order valence-electron chi connectivity index (χ1n) is 17.0. The normalized spacial score (nSPS) is 45.7. The maximum absolute atomic E-state index is 14.2. The van der Waals surface area contributed by atoms with Crippen molar-refractivity contribution in [3.63, 3.8) is 0 Å². The summed E-state index contributed by atoms with van der Waals surface area (Å²) >= 11 is 0. The molecule has 0 bridgehead atoms. The molecule has 10 atom stereocenters. The Morgan fingerprint density at radius 3 is 2.43 bits per heavy atom. The Balaban J connectivity index is 0.956. The number of alkyl halides is 1. The van der Waals surface area contributed by atoms with Crippen molar-refractivity contribution >= 4 is 11.8 Å². The number of carbonyl (C=O) groups is 2. The summed E-state index contributed by atoms with van der Waals surface area (Å²) in [5.41, 5.74) is 0. The highest BCUT2D eigenvalue weighted by Gasteiger charge is 2.66. The number of hydrogen-bond donors (Lipinski definition) is 1. The largest absolute Gasteiger partial charge is 0.379 e. The molecule has 7 rings (SSSR count). The Kier molecular flexibility index (Phi) is 8.55. The number of halogens is 1. The molecule has 4 saturated heterocycles. The van der Waals surface area contributed by atoms with Gasteiger partial charge in [-0.15, -0.1) is 0 Å². The Hall–Kier alpha value is -1.33. The van der Waals surface area contributed by atoms with Gasteiger partial charge in [0.15, 0.2) is 0 Å². The molecule has 7 aliphatic rings. The van der Waals surface area contributed by atoms with Gasteiger partial charge in [-0.05, 0) is 69.6 Å². The topological polar surface area (TPSA) is 88.2 Å². The molecule has 10 heteroatoms. The average molecular weight is 592 g/mol. The van der Waals surface area contributed by atoms with E-state index in [1.54, 1.807) is 14.2 Å². The molecule has 0 aromatic heterocycles. The van der Waals surface area contributed by atoms with Crippen LogP contribution in [0.1, 0.15) is 64.2 Å². The number of methoxy groups -OCH3 is 2. The summed E-state index contributed by atoms with van der Waals surface area (Å²) in [7, 11) is 3.48. The molecule has 42 heavy (non-hydrogen) atoms. The van der Waals surface area contributed by atoms with E-state index in [0.29, 0.717) is 54.6 Å². The Bertz CT molecular complexity index is 988. The van der Waals surface area contributed by atoms with Crippen LogP contribution in [0.2, 0.25) is 0 Å². The lowest BCUT2D eigenvalue weighted by Gasteiger charge is -2.53. The van der Waals surface area contributed by atoms with Gasteiger partial charge in [0.25, 0.3) is 0 Å². The monoisotopic (exact) mass is 591 g/mol. The third kappa shape index (κ3) is 5.11. The minimum Gasteiger partial charge on any atom is -0.379 e. The fraction of sp³-hybridized carbons (Fsp3) is 0.938. The molecule has 2 N–H and O–H groups in total. The number of rotatable bonds is 6. The number of nitrogens with two attached hydrogens (primary N) is 1. The van der Waals surface area contributed by atoms with E-state index in [9.17, 15) is 14.0 Å². The predicted octanol–water partition coefficient (Wildman–Crippen LogP) is 1.20. The molecule has 0 spiro atoms. The second kappa shape index (κ2) is 12.2. The van der Waals surface area contributed by atoms with Gasteiger partial charge in [-0.1, -0.05) is 0 Å². The lowest BCUT2D eigenvalue weighted by atomic mass is 9.64. The zero-order valence-electron chi connectivity index (χ0n) is 25.6. The molecular formula is C32H52FN4O5+. The molecule has 2 amide bonds. The summed E-state index contributed by atoms with van der Waals surface area (Å²) in [6.07, 6.45) is 8.44. The van der Waals surface area contributed by atoms with Crippen LogP contribution >= 0.6 is 0 Å². The van der Waals surface area contributed by atoms with Crippen molar-refractivity contribution in [2.75, 3.05) is 53.6 Å². The van der Waals surface area contributed by atoms with E-state index in [-0.39, 0.29) is 42.8 Å². The molecule has 7 fully saturated rings.